The first-order chi connectivity index (χ1) is 14.8. The van der Waals surface area contributed by atoms with Crippen LogP contribution < -0.4 is 15.8 Å². The predicted molar refractivity (Wildman–Crippen MR) is 115 cm³/mol. The lowest BCUT2D eigenvalue weighted by Crippen LogP contribution is -2.54. The number of quaternary nitrogens is 1. The normalized spacial score (nSPS) is 17.6. The quantitative estimate of drug-likeness (QED) is 0.489. The molecule has 0 radical (unpaired) electrons. The van der Waals surface area contributed by atoms with E-state index in [2.05, 4.69) is 15.5 Å². The molecule has 0 fully saturated rings. The Morgan fingerprint density at radius 3 is 2.77 bits per heavy atom. The van der Waals surface area contributed by atoms with E-state index in [-0.39, 0.29) is 47.9 Å². The molecular formula is C20H19Cl2FN5O3+. The van der Waals surface area contributed by atoms with E-state index < -0.39 is 16.3 Å². The highest BCUT2D eigenvalue weighted by Gasteiger charge is 2.41. The highest BCUT2D eigenvalue weighted by Crippen LogP contribution is 2.28. The number of rotatable bonds is 6. The minimum absolute atomic E-state index is 0.00861. The van der Waals surface area contributed by atoms with Crippen LogP contribution in [0.15, 0.2) is 42.6 Å². The second-order valence-corrected chi connectivity index (χ2v) is 7.34. The Hall–Kier alpha value is -3.01. The van der Waals surface area contributed by atoms with Crippen LogP contribution in [-0.4, -0.2) is 39.8 Å². The maximum absolute atomic E-state index is 13.6. The number of hydrogen-bond acceptors (Lipinski definition) is 6. The van der Waals surface area contributed by atoms with E-state index in [0.29, 0.717) is 10.6 Å². The van der Waals surface area contributed by atoms with Crippen LogP contribution in [0.25, 0.3) is 0 Å². The summed E-state index contributed by atoms with van der Waals surface area (Å²) in [6, 6.07) is 3.37. The summed E-state index contributed by atoms with van der Waals surface area (Å²) >= 11 is 12.0. The molecule has 1 aromatic carbocycles. The third-order valence-electron chi connectivity index (χ3n) is 4.71. The molecule has 3 N–H and O–H groups in total. The summed E-state index contributed by atoms with van der Waals surface area (Å²) in [6.45, 7) is 1.99. The molecular weight excluding hydrogens is 448 g/mol. The molecule has 1 unspecified atom stereocenters. The van der Waals surface area contributed by atoms with Crippen LogP contribution in [0.4, 0.5) is 20.8 Å². The van der Waals surface area contributed by atoms with Gasteiger partial charge in [-0.15, -0.1) is 14.7 Å². The maximum Gasteiger partial charge on any atom is 0.434 e. The average molecular weight is 467 g/mol. The van der Waals surface area contributed by atoms with Crippen molar-refractivity contribution >= 4 is 46.8 Å². The molecule has 1 aromatic heterocycles. The van der Waals surface area contributed by atoms with Crippen LogP contribution in [0, 0.1) is 5.82 Å². The lowest BCUT2D eigenvalue weighted by Gasteiger charge is -2.27. The monoisotopic (exact) mass is 466 g/mol. The molecule has 2 aromatic rings. The summed E-state index contributed by atoms with van der Waals surface area (Å²) in [4.78, 5) is 25.1. The van der Waals surface area contributed by atoms with Gasteiger partial charge in [0.25, 0.3) is 0 Å². The number of nitrogen functional groups attached to an aromatic ring is 1. The SMILES string of the molecule is CC[N+]1(C(=O)Nc2cc(OCCc3c(Cl)ccc(F)c3Cl)c(N)nn2)C=CC=CC1=O. The first-order valence-corrected chi connectivity index (χ1v) is 10.0. The number of benzene rings is 1. The Bertz CT molecular complexity index is 1090. The molecule has 8 nitrogen and oxygen atoms in total. The third-order valence-corrected chi connectivity index (χ3v) is 5.48. The van der Waals surface area contributed by atoms with E-state index in [9.17, 15) is 14.0 Å². The van der Waals surface area contributed by atoms with Gasteiger partial charge in [-0.25, -0.2) is 14.0 Å². The summed E-state index contributed by atoms with van der Waals surface area (Å²) in [5, 5.41) is 10.4. The standard InChI is InChI=1S/C20H18Cl2FN5O3/c1-2-28(9-4-3-5-17(28)29)20(30)25-16-11-15(19(24)27-26-16)31-10-8-12-13(21)6-7-14(23)18(12)22/h3-7,9,11H,2,8,10H2,1H3,(H2-,24,25,26,27,30)/p+1. The maximum atomic E-state index is 13.6. The largest absolute Gasteiger partial charge is 0.489 e. The molecule has 0 saturated heterocycles. The van der Waals surface area contributed by atoms with Gasteiger partial charge in [0.05, 0.1) is 18.2 Å². The lowest BCUT2D eigenvalue weighted by atomic mass is 10.1. The van der Waals surface area contributed by atoms with Crippen molar-refractivity contribution in [2.45, 2.75) is 13.3 Å². The fraction of sp³-hybridized carbons (Fsp3) is 0.200. The van der Waals surface area contributed by atoms with Crippen molar-refractivity contribution in [1.82, 2.24) is 10.2 Å². The number of nitrogens with two attached hydrogens (primary N) is 1. The first kappa shape index (κ1) is 22.7. The Labute approximate surface area is 187 Å². The van der Waals surface area contributed by atoms with Crippen LogP contribution >= 0.6 is 23.2 Å². The second kappa shape index (κ2) is 9.42. The average Bonchev–Trinajstić information content (AvgIpc) is 2.76. The molecule has 0 saturated carbocycles. The Balaban J connectivity index is 1.72. The molecule has 162 valence electrons. The molecule has 0 bridgehead atoms. The van der Waals surface area contributed by atoms with Crippen LogP contribution in [0.1, 0.15) is 12.5 Å². The minimum Gasteiger partial charge on any atom is -0.489 e. The van der Waals surface area contributed by atoms with Gasteiger partial charge in [-0.2, -0.15) is 0 Å². The van der Waals surface area contributed by atoms with Crippen molar-refractivity contribution in [3.63, 3.8) is 0 Å². The highest BCUT2D eigenvalue weighted by molar-refractivity contribution is 6.36. The highest BCUT2D eigenvalue weighted by atomic mass is 35.5. The van der Waals surface area contributed by atoms with E-state index in [1.165, 1.54) is 30.5 Å². The number of carbonyl (C=O) groups excluding carboxylic acids is 2. The van der Waals surface area contributed by atoms with Gasteiger partial charge in [-0.1, -0.05) is 23.2 Å². The smallest absolute Gasteiger partial charge is 0.434 e. The van der Waals surface area contributed by atoms with Gasteiger partial charge in [-0.3, -0.25) is 5.32 Å². The number of nitrogens with one attached hydrogen (secondary N) is 1. The number of imide groups is 1. The number of hydrogen-bond donors (Lipinski definition) is 2. The molecule has 3 amide bonds. The van der Waals surface area contributed by atoms with E-state index in [1.807, 2.05) is 0 Å². The van der Waals surface area contributed by atoms with E-state index >= 15 is 0 Å². The van der Waals surface area contributed by atoms with Crippen LogP contribution in [0.5, 0.6) is 5.75 Å². The van der Waals surface area contributed by atoms with Gasteiger partial charge in [0.2, 0.25) is 0 Å². The van der Waals surface area contributed by atoms with Crippen molar-refractivity contribution in [1.29, 1.82) is 0 Å². The van der Waals surface area contributed by atoms with E-state index in [4.69, 9.17) is 33.7 Å². The molecule has 2 heterocycles. The Morgan fingerprint density at radius 1 is 1.29 bits per heavy atom. The molecule has 11 heteroatoms. The zero-order chi connectivity index (χ0) is 22.6. The molecule has 0 aliphatic carbocycles. The summed E-state index contributed by atoms with van der Waals surface area (Å²) in [5.41, 5.74) is 6.20. The Morgan fingerprint density at radius 2 is 2.06 bits per heavy atom. The van der Waals surface area contributed by atoms with Gasteiger partial charge in [-0.05, 0) is 36.8 Å². The molecule has 1 aliphatic heterocycles. The fourth-order valence-electron chi connectivity index (χ4n) is 2.94. The topological polar surface area (TPSA) is 107 Å². The van der Waals surface area contributed by atoms with Crippen molar-refractivity contribution in [3.8, 4) is 5.75 Å². The number of allylic oxidation sites excluding steroid dienone is 2. The number of amides is 3. The second-order valence-electron chi connectivity index (χ2n) is 6.55. The number of halogens is 3. The predicted octanol–water partition coefficient (Wildman–Crippen LogP) is 4.10. The van der Waals surface area contributed by atoms with Crippen LogP contribution in [-0.2, 0) is 11.2 Å². The van der Waals surface area contributed by atoms with E-state index in [1.54, 1.807) is 19.1 Å². The van der Waals surface area contributed by atoms with Gasteiger partial charge < -0.3 is 10.5 Å². The third kappa shape index (κ3) is 4.68. The number of urea groups is 1. The summed E-state index contributed by atoms with van der Waals surface area (Å²) in [6.07, 6.45) is 6.21. The van der Waals surface area contributed by atoms with E-state index in [0.717, 1.165) is 0 Å². The van der Waals surface area contributed by atoms with Crippen molar-refractivity contribution in [2.75, 3.05) is 24.2 Å². The van der Waals surface area contributed by atoms with Gasteiger partial charge in [0, 0.05) is 23.6 Å². The van der Waals surface area contributed by atoms with Crippen LogP contribution in [0.3, 0.4) is 0 Å². The Kier molecular flexibility index (Phi) is 6.89. The molecule has 31 heavy (non-hydrogen) atoms. The van der Waals surface area contributed by atoms with Crippen molar-refractivity contribution < 1.29 is 23.2 Å². The van der Waals surface area contributed by atoms with Gasteiger partial charge in [0.1, 0.15) is 12.0 Å². The van der Waals surface area contributed by atoms with Crippen LogP contribution in [0.2, 0.25) is 10.0 Å². The molecule has 0 spiro atoms. The van der Waals surface area contributed by atoms with Gasteiger partial charge in [0.15, 0.2) is 17.4 Å². The number of ether oxygens (including phenoxy) is 1. The zero-order valence-corrected chi connectivity index (χ0v) is 18.0. The first-order valence-electron chi connectivity index (χ1n) is 9.26. The zero-order valence-electron chi connectivity index (χ0n) is 16.4. The summed E-state index contributed by atoms with van der Waals surface area (Å²) < 4.78 is 18.7. The number of aromatic nitrogens is 2. The fourth-order valence-corrected chi connectivity index (χ4v) is 3.50. The number of likely N-dealkylation sites (N-methyl/N-ethyl adjacent to an activating group) is 1. The molecule has 3 rings (SSSR count). The van der Waals surface area contributed by atoms with Crippen molar-refractivity contribution in [3.05, 3.63) is 64.1 Å². The summed E-state index contributed by atoms with van der Waals surface area (Å²) in [7, 11) is 0. The van der Waals surface area contributed by atoms with Gasteiger partial charge >= 0.3 is 11.9 Å². The lowest BCUT2D eigenvalue weighted by molar-refractivity contribution is -0.711. The molecule has 1 atom stereocenters. The van der Waals surface area contributed by atoms with Crippen molar-refractivity contribution in [2.24, 2.45) is 0 Å². The number of carbonyl (C=O) groups is 2. The summed E-state index contributed by atoms with van der Waals surface area (Å²) in [5.74, 6) is -0.771. The number of nitrogens with zero attached hydrogens (tertiary/aromatic N) is 3. The number of anilines is 2. The minimum atomic E-state index is -0.601. The molecule has 1 aliphatic rings.